The summed E-state index contributed by atoms with van der Waals surface area (Å²) in [5.41, 5.74) is 0. The SMILES string of the molecule is CCS(=O)(=O)N1CCC(NC(=NC)NCC(C)c2cccs2)CC1. The second-order valence-electron chi connectivity index (χ2n) is 6.09. The van der Waals surface area contributed by atoms with Crippen molar-refractivity contribution in [3.63, 3.8) is 0 Å². The number of nitrogens with zero attached hydrogens (tertiary/aromatic N) is 2. The number of piperidine rings is 1. The van der Waals surface area contributed by atoms with E-state index in [1.807, 2.05) is 0 Å². The molecule has 2 N–H and O–H groups in total. The molecule has 0 saturated carbocycles. The highest BCUT2D eigenvalue weighted by Crippen LogP contribution is 2.19. The lowest BCUT2D eigenvalue weighted by Crippen LogP contribution is -2.50. The van der Waals surface area contributed by atoms with Crippen LogP contribution >= 0.6 is 11.3 Å². The summed E-state index contributed by atoms with van der Waals surface area (Å²) in [6, 6.07) is 4.48. The molecule has 1 aliphatic heterocycles. The lowest BCUT2D eigenvalue weighted by molar-refractivity contribution is 0.306. The first-order valence-corrected chi connectivity index (χ1v) is 10.9. The highest BCUT2D eigenvalue weighted by atomic mass is 32.2. The Morgan fingerprint density at radius 3 is 2.71 bits per heavy atom. The van der Waals surface area contributed by atoms with Crippen LogP contribution in [0, 0.1) is 0 Å². The minimum atomic E-state index is -3.06. The van der Waals surface area contributed by atoms with E-state index in [-0.39, 0.29) is 11.8 Å². The molecule has 1 atom stereocenters. The van der Waals surface area contributed by atoms with E-state index in [1.54, 1.807) is 29.6 Å². The van der Waals surface area contributed by atoms with Crippen LogP contribution in [0.15, 0.2) is 22.5 Å². The van der Waals surface area contributed by atoms with E-state index in [9.17, 15) is 8.42 Å². The summed E-state index contributed by atoms with van der Waals surface area (Å²) < 4.78 is 25.4. The maximum absolute atomic E-state index is 11.9. The Balaban J connectivity index is 1.78. The van der Waals surface area contributed by atoms with Gasteiger partial charge in [-0.1, -0.05) is 13.0 Å². The van der Waals surface area contributed by atoms with Gasteiger partial charge >= 0.3 is 0 Å². The minimum Gasteiger partial charge on any atom is -0.356 e. The molecular formula is C16H28N4O2S2. The summed E-state index contributed by atoms with van der Waals surface area (Å²) in [7, 11) is -1.30. The number of thiophene rings is 1. The molecule has 1 aromatic heterocycles. The van der Waals surface area contributed by atoms with Crippen LogP contribution in [0.4, 0.5) is 0 Å². The van der Waals surface area contributed by atoms with Crippen LogP contribution in [-0.2, 0) is 10.0 Å². The Hall–Kier alpha value is -1.12. The van der Waals surface area contributed by atoms with Crippen LogP contribution < -0.4 is 10.6 Å². The Morgan fingerprint density at radius 2 is 2.17 bits per heavy atom. The van der Waals surface area contributed by atoms with Crippen molar-refractivity contribution in [1.82, 2.24) is 14.9 Å². The molecule has 136 valence electrons. The molecule has 1 aromatic rings. The van der Waals surface area contributed by atoms with E-state index in [0.29, 0.717) is 19.0 Å². The molecule has 0 radical (unpaired) electrons. The van der Waals surface area contributed by atoms with Crippen LogP contribution in [0.3, 0.4) is 0 Å². The van der Waals surface area contributed by atoms with E-state index in [0.717, 1.165) is 25.3 Å². The summed E-state index contributed by atoms with van der Waals surface area (Å²) in [6.45, 7) is 5.87. The number of nitrogens with one attached hydrogen (secondary N) is 2. The third kappa shape index (κ3) is 5.19. The van der Waals surface area contributed by atoms with Gasteiger partial charge in [-0.05, 0) is 31.2 Å². The Bertz CT molecular complexity index is 621. The maximum Gasteiger partial charge on any atom is 0.213 e. The molecule has 1 saturated heterocycles. The maximum atomic E-state index is 11.9. The second-order valence-corrected chi connectivity index (χ2v) is 9.32. The highest BCUT2D eigenvalue weighted by molar-refractivity contribution is 7.89. The lowest BCUT2D eigenvalue weighted by atomic mass is 10.1. The van der Waals surface area contributed by atoms with Crippen LogP contribution in [0.1, 0.15) is 37.5 Å². The molecule has 1 unspecified atom stereocenters. The van der Waals surface area contributed by atoms with Crippen LogP contribution in [-0.4, -0.2) is 57.2 Å². The third-order valence-electron chi connectivity index (χ3n) is 4.38. The fourth-order valence-corrected chi connectivity index (χ4v) is 4.69. The molecule has 1 fully saturated rings. The zero-order chi connectivity index (χ0) is 17.6. The van der Waals surface area contributed by atoms with Gasteiger partial charge in [0.25, 0.3) is 0 Å². The van der Waals surface area contributed by atoms with E-state index in [1.165, 1.54) is 4.88 Å². The Labute approximate surface area is 149 Å². The third-order valence-corrected chi connectivity index (χ3v) is 7.37. The number of hydrogen-bond donors (Lipinski definition) is 2. The van der Waals surface area contributed by atoms with Gasteiger partial charge in [0.15, 0.2) is 5.96 Å². The summed E-state index contributed by atoms with van der Waals surface area (Å²) >= 11 is 1.77. The molecule has 0 spiro atoms. The fourth-order valence-electron chi connectivity index (χ4n) is 2.77. The molecule has 0 aromatic carbocycles. The van der Waals surface area contributed by atoms with E-state index >= 15 is 0 Å². The van der Waals surface area contributed by atoms with Crippen molar-refractivity contribution < 1.29 is 8.42 Å². The van der Waals surface area contributed by atoms with Gasteiger partial charge in [-0.2, -0.15) is 0 Å². The molecule has 0 aliphatic carbocycles. The molecule has 8 heteroatoms. The second kappa shape index (κ2) is 8.82. The van der Waals surface area contributed by atoms with Gasteiger partial charge in [-0.15, -0.1) is 11.3 Å². The van der Waals surface area contributed by atoms with Gasteiger partial charge in [-0.25, -0.2) is 12.7 Å². The summed E-state index contributed by atoms with van der Waals surface area (Å²) in [6.07, 6.45) is 1.61. The van der Waals surface area contributed by atoms with Crippen molar-refractivity contribution in [2.75, 3.05) is 32.4 Å². The van der Waals surface area contributed by atoms with Crippen molar-refractivity contribution in [2.45, 2.75) is 38.6 Å². The summed E-state index contributed by atoms with van der Waals surface area (Å²) in [4.78, 5) is 5.64. The first-order chi connectivity index (χ1) is 11.5. The average Bonchev–Trinajstić information content (AvgIpc) is 3.13. The first kappa shape index (κ1) is 19.2. The largest absolute Gasteiger partial charge is 0.356 e. The van der Waals surface area contributed by atoms with Gasteiger partial charge in [-0.3, -0.25) is 4.99 Å². The molecule has 24 heavy (non-hydrogen) atoms. The molecule has 2 rings (SSSR count). The van der Waals surface area contributed by atoms with Crippen LogP contribution in [0.5, 0.6) is 0 Å². The first-order valence-electron chi connectivity index (χ1n) is 8.44. The molecule has 0 amide bonds. The number of aliphatic imine (C=N–C) groups is 1. The summed E-state index contributed by atoms with van der Waals surface area (Å²) in [5.74, 6) is 1.39. The van der Waals surface area contributed by atoms with Crippen LogP contribution in [0.2, 0.25) is 0 Å². The molecule has 6 nitrogen and oxygen atoms in total. The summed E-state index contributed by atoms with van der Waals surface area (Å²) in [5, 5.41) is 8.88. The lowest BCUT2D eigenvalue weighted by Gasteiger charge is -2.32. The fraction of sp³-hybridized carbons (Fsp3) is 0.688. The van der Waals surface area contributed by atoms with E-state index < -0.39 is 10.0 Å². The highest BCUT2D eigenvalue weighted by Gasteiger charge is 2.27. The van der Waals surface area contributed by atoms with Crippen molar-refractivity contribution in [3.05, 3.63) is 22.4 Å². The predicted molar refractivity (Wildman–Crippen MR) is 101 cm³/mol. The standard InChI is InChI=1S/C16H28N4O2S2/c1-4-24(21,22)20-9-7-14(8-10-20)19-16(17-3)18-12-13(2)15-6-5-11-23-15/h5-6,11,13-14H,4,7-10,12H2,1-3H3,(H2,17,18,19). The Kier molecular flexibility index (Phi) is 7.06. The van der Waals surface area contributed by atoms with E-state index in [2.05, 4.69) is 40.1 Å². The molecular weight excluding hydrogens is 344 g/mol. The predicted octanol–water partition coefficient (Wildman–Crippen LogP) is 1.83. The molecule has 0 bridgehead atoms. The molecule has 1 aliphatic rings. The van der Waals surface area contributed by atoms with Crippen molar-refractivity contribution in [2.24, 2.45) is 4.99 Å². The number of sulfonamides is 1. The van der Waals surface area contributed by atoms with Crippen molar-refractivity contribution in [3.8, 4) is 0 Å². The van der Waals surface area contributed by atoms with Crippen molar-refractivity contribution >= 4 is 27.3 Å². The normalized spacial score (nSPS) is 19.2. The number of guanidine groups is 1. The van der Waals surface area contributed by atoms with Gasteiger partial charge in [0, 0.05) is 43.5 Å². The topological polar surface area (TPSA) is 73.8 Å². The van der Waals surface area contributed by atoms with Gasteiger partial charge in [0.05, 0.1) is 5.75 Å². The smallest absolute Gasteiger partial charge is 0.213 e. The monoisotopic (exact) mass is 372 g/mol. The zero-order valence-corrected chi connectivity index (χ0v) is 16.3. The minimum absolute atomic E-state index is 0.176. The van der Waals surface area contributed by atoms with Gasteiger partial charge in [0.1, 0.15) is 0 Å². The number of rotatable bonds is 6. The average molecular weight is 373 g/mol. The van der Waals surface area contributed by atoms with Crippen LogP contribution in [0.25, 0.3) is 0 Å². The Morgan fingerprint density at radius 1 is 1.46 bits per heavy atom. The number of hydrogen-bond acceptors (Lipinski definition) is 4. The van der Waals surface area contributed by atoms with Crippen molar-refractivity contribution in [1.29, 1.82) is 0 Å². The quantitative estimate of drug-likeness (QED) is 0.590. The molecule has 2 heterocycles. The zero-order valence-electron chi connectivity index (χ0n) is 14.7. The van der Waals surface area contributed by atoms with Gasteiger partial charge in [0.2, 0.25) is 10.0 Å². The van der Waals surface area contributed by atoms with Gasteiger partial charge < -0.3 is 10.6 Å². The van der Waals surface area contributed by atoms with E-state index in [4.69, 9.17) is 0 Å².